The Kier molecular flexibility index (Phi) is 4.96. The highest BCUT2D eigenvalue weighted by atomic mass is 19.4. The zero-order valence-corrected chi connectivity index (χ0v) is 17.5. The highest BCUT2D eigenvalue weighted by Gasteiger charge is 2.30. The standard InChI is InChI=1S/C23H15F3N4O4/c1-29-20(31)15-7-2-3-8-16(15)30-19(27-28-22(29)30)12-33-21(32)18-10-9-17(34-18)13-5-4-6-14(11-13)23(24,25)26/h2-11H,12H2,1H3. The van der Waals surface area contributed by atoms with E-state index in [0.717, 1.165) is 12.1 Å². The van der Waals surface area contributed by atoms with Crippen molar-refractivity contribution in [3.63, 3.8) is 0 Å². The molecule has 0 saturated carbocycles. The van der Waals surface area contributed by atoms with Gasteiger partial charge in [0.05, 0.1) is 16.5 Å². The second kappa shape index (κ2) is 7.87. The van der Waals surface area contributed by atoms with E-state index >= 15 is 0 Å². The van der Waals surface area contributed by atoms with E-state index in [1.807, 2.05) is 0 Å². The minimum atomic E-state index is -4.50. The summed E-state index contributed by atoms with van der Waals surface area (Å²) in [6.07, 6.45) is -4.50. The van der Waals surface area contributed by atoms with Crippen molar-refractivity contribution in [3.05, 3.63) is 88.2 Å². The Morgan fingerprint density at radius 3 is 2.65 bits per heavy atom. The van der Waals surface area contributed by atoms with Crippen molar-refractivity contribution in [2.24, 2.45) is 7.05 Å². The first-order chi connectivity index (χ1) is 16.2. The van der Waals surface area contributed by atoms with Crippen molar-refractivity contribution in [3.8, 4) is 11.3 Å². The monoisotopic (exact) mass is 468 g/mol. The summed E-state index contributed by atoms with van der Waals surface area (Å²) in [5.74, 6) is -0.367. The lowest BCUT2D eigenvalue weighted by atomic mass is 10.1. The van der Waals surface area contributed by atoms with Gasteiger partial charge in [-0.1, -0.05) is 24.3 Å². The van der Waals surface area contributed by atoms with Crippen molar-refractivity contribution in [2.75, 3.05) is 0 Å². The molecule has 0 aliphatic rings. The zero-order chi connectivity index (χ0) is 24.0. The van der Waals surface area contributed by atoms with Gasteiger partial charge in [-0.2, -0.15) is 13.2 Å². The summed E-state index contributed by atoms with van der Waals surface area (Å²) in [7, 11) is 1.56. The van der Waals surface area contributed by atoms with Crippen molar-refractivity contribution in [2.45, 2.75) is 12.8 Å². The molecule has 0 aliphatic carbocycles. The number of furan rings is 1. The molecule has 8 nitrogen and oxygen atoms in total. The molecule has 0 fully saturated rings. The molecule has 3 heterocycles. The SMILES string of the molecule is Cn1c(=O)c2ccccc2n2c(COC(=O)c3ccc(-c4cccc(C(F)(F)F)c4)o3)nnc12. The van der Waals surface area contributed by atoms with Crippen LogP contribution in [0.1, 0.15) is 21.9 Å². The maximum absolute atomic E-state index is 13.0. The van der Waals surface area contributed by atoms with Gasteiger partial charge < -0.3 is 9.15 Å². The van der Waals surface area contributed by atoms with Crippen molar-refractivity contribution >= 4 is 22.6 Å². The van der Waals surface area contributed by atoms with E-state index in [2.05, 4.69) is 10.2 Å². The molecule has 0 unspecified atom stereocenters. The molecule has 0 bridgehead atoms. The number of benzene rings is 2. The van der Waals surface area contributed by atoms with Gasteiger partial charge in [-0.25, -0.2) is 4.79 Å². The van der Waals surface area contributed by atoms with E-state index in [4.69, 9.17) is 9.15 Å². The van der Waals surface area contributed by atoms with Crippen LogP contribution in [0.2, 0.25) is 0 Å². The number of hydrogen-bond donors (Lipinski definition) is 0. The molecule has 5 rings (SSSR count). The van der Waals surface area contributed by atoms with Gasteiger partial charge >= 0.3 is 12.1 Å². The molecular weight excluding hydrogens is 453 g/mol. The van der Waals surface area contributed by atoms with E-state index in [9.17, 15) is 22.8 Å². The van der Waals surface area contributed by atoms with Gasteiger partial charge in [0.15, 0.2) is 12.4 Å². The van der Waals surface area contributed by atoms with Crippen LogP contribution in [-0.2, 0) is 24.6 Å². The zero-order valence-electron chi connectivity index (χ0n) is 17.5. The predicted octanol–water partition coefficient (Wildman–Crippen LogP) is 4.22. The first kappa shape index (κ1) is 21.4. The summed E-state index contributed by atoms with van der Waals surface area (Å²) >= 11 is 0. The third kappa shape index (κ3) is 3.60. The molecular formula is C23H15F3N4O4. The lowest BCUT2D eigenvalue weighted by Crippen LogP contribution is -2.20. The van der Waals surface area contributed by atoms with Gasteiger partial charge in [0.2, 0.25) is 11.5 Å². The number of nitrogens with zero attached hydrogens (tertiary/aromatic N) is 4. The topological polar surface area (TPSA) is 91.6 Å². The summed E-state index contributed by atoms with van der Waals surface area (Å²) in [5.41, 5.74) is -0.339. The summed E-state index contributed by atoms with van der Waals surface area (Å²) in [6.45, 7) is -0.276. The van der Waals surface area contributed by atoms with Gasteiger partial charge in [-0.15, -0.1) is 10.2 Å². The minimum Gasteiger partial charge on any atom is -0.452 e. The number of rotatable bonds is 4. The predicted molar refractivity (Wildman–Crippen MR) is 114 cm³/mol. The van der Waals surface area contributed by atoms with E-state index in [0.29, 0.717) is 10.9 Å². The summed E-state index contributed by atoms with van der Waals surface area (Å²) in [4.78, 5) is 25.0. The maximum atomic E-state index is 13.0. The van der Waals surface area contributed by atoms with Crippen LogP contribution in [0.5, 0.6) is 0 Å². The molecule has 0 aliphatic heterocycles. The second-order valence-corrected chi connectivity index (χ2v) is 7.45. The van der Waals surface area contributed by atoms with Crippen LogP contribution in [-0.4, -0.2) is 25.1 Å². The minimum absolute atomic E-state index is 0.0898. The molecule has 172 valence electrons. The lowest BCUT2D eigenvalue weighted by molar-refractivity contribution is -0.137. The summed E-state index contributed by atoms with van der Waals surface area (Å²) in [6, 6.07) is 14.2. The molecule has 0 atom stereocenters. The fraction of sp³-hybridized carbons (Fsp3) is 0.130. The normalized spacial score (nSPS) is 11.9. The number of carbonyl (C=O) groups is 1. The Morgan fingerprint density at radius 2 is 1.85 bits per heavy atom. The molecule has 3 aromatic heterocycles. The van der Waals surface area contributed by atoms with Crippen LogP contribution in [0.15, 0.2) is 69.9 Å². The fourth-order valence-electron chi connectivity index (χ4n) is 3.64. The van der Waals surface area contributed by atoms with Crippen LogP contribution in [0.25, 0.3) is 28.0 Å². The number of esters is 1. The first-order valence-corrected chi connectivity index (χ1v) is 10.0. The van der Waals surface area contributed by atoms with Crippen LogP contribution < -0.4 is 5.56 Å². The molecule has 2 aromatic carbocycles. The third-order valence-electron chi connectivity index (χ3n) is 5.31. The van der Waals surface area contributed by atoms with Gasteiger partial charge in [0, 0.05) is 12.6 Å². The quantitative estimate of drug-likeness (QED) is 0.367. The number of fused-ring (bicyclic) bond motifs is 3. The number of hydrogen-bond acceptors (Lipinski definition) is 6. The molecule has 0 amide bonds. The highest BCUT2D eigenvalue weighted by molar-refractivity contribution is 5.87. The van der Waals surface area contributed by atoms with Gasteiger partial charge in [0.1, 0.15) is 5.76 Å². The molecule has 0 saturated heterocycles. The second-order valence-electron chi connectivity index (χ2n) is 7.45. The number of para-hydroxylation sites is 1. The van der Waals surface area contributed by atoms with Gasteiger partial charge in [0.25, 0.3) is 5.56 Å². The molecule has 0 N–H and O–H groups in total. The van der Waals surface area contributed by atoms with Crippen LogP contribution in [0.3, 0.4) is 0 Å². The van der Waals surface area contributed by atoms with Crippen molar-refractivity contribution in [1.29, 1.82) is 0 Å². The van der Waals surface area contributed by atoms with Crippen LogP contribution in [0, 0.1) is 0 Å². The molecule has 0 spiro atoms. The van der Waals surface area contributed by atoms with Crippen LogP contribution >= 0.6 is 0 Å². The molecule has 5 aromatic rings. The Balaban J connectivity index is 1.40. The average molecular weight is 468 g/mol. The number of carbonyl (C=O) groups excluding carboxylic acids is 1. The van der Waals surface area contributed by atoms with E-state index in [1.165, 1.54) is 28.8 Å². The molecule has 0 radical (unpaired) electrons. The number of aromatic nitrogens is 4. The van der Waals surface area contributed by atoms with E-state index in [1.54, 1.807) is 35.7 Å². The van der Waals surface area contributed by atoms with Gasteiger partial charge in [-0.3, -0.25) is 13.8 Å². The van der Waals surface area contributed by atoms with Gasteiger partial charge in [-0.05, 0) is 36.4 Å². The first-order valence-electron chi connectivity index (χ1n) is 10.0. The molecule has 34 heavy (non-hydrogen) atoms. The average Bonchev–Trinajstić information content (AvgIpc) is 3.49. The third-order valence-corrected chi connectivity index (χ3v) is 5.31. The lowest BCUT2D eigenvalue weighted by Gasteiger charge is -2.08. The number of halogens is 3. The Hall–Kier alpha value is -4.41. The fourth-order valence-corrected chi connectivity index (χ4v) is 3.64. The number of aryl methyl sites for hydroxylation is 1. The van der Waals surface area contributed by atoms with E-state index in [-0.39, 0.29) is 40.9 Å². The van der Waals surface area contributed by atoms with Crippen molar-refractivity contribution in [1.82, 2.24) is 19.2 Å². The van der Waals surface area contributed by atoms with Crippen LogP contribution in [0.4, 0.5) is 13.2 Å². The summed E-state index contributed by atoms with van der Waals surface area (Å²) in [5, 5.41) is 8.50. The number of ether oxygens (including phenoxy) is 1. The smallest absolute Gasteiger partial charge is 0.416 e. The maximum Gasteiger partial charge on any atom is 0.416 e. The molecule has 11 heteroatoms. The largest absolute Gasteiger partial charge is 0.452 e. The Bertz CT molecular complexity index is 1610. The Morgan fingerprint density at radius 1 is 1.06 bits per heavy atom. The summed E-state index contributed by atoms with van der Waals surface area (Å²) < 4.78 is 52.6. The number of alkyl halides is 3. The Labute approximate surface area is 188 Å². The van der Waals surface area contributed by atoms with E-state index < -0.39 is 17.7 Å². The highest BCUT2D eigenvalue weighted by Crippen LogP contribution is 2.32. The van der Waals surface area contributed by atoms with Crippen molar-refractivity contribution < 1.29 is 27.1 Å².